The van der Waals surface area contributed by atoms with Crippen molar-refractivity contribution in [2.24, 2.45) is 4.40 Å². The minimum Gasteiger partial charge on any atom is -0.457 e. The number of hydrogen-bond acceptors (Lipinski definition) is 4. The number of hydrogen-bond donors (Lipinski definition) is 0. The lowest BCUT2D eigenvalue weighted by molar-refractivity contribution is 0.371. The van der Waals surface area contributed by atoms with Crippen LogP contribution >= 0.6 is 11.9 Å². The van der Waals surface area contributed by atoms with Gasteiger partial charge in [0.2, 0.25) is 0 Å². The summed E-state index contributed by atoms with van der Waals surface area (Å²) in [5.41, 5.74) is 2.68. The van der Waals surface area contributed by atoms with Crippen molar-refractivity contribution < 1.29 is 4.74 Å². The maximum absolute atomic E-state index is 5.98. The highest BCUT2D eigenvalue weighted by molar-refractivity contribution is 7.98. The van der Waals surface area contributed by atoms with E-state index in [1.807, 2.05) is 12.1 Å². The van der Waals surface area contributed by atoms with Gasteiger partial charge in [-0.25, -0.2) is 4.40 Å². The number of rotatable bonds is 4. The zero-order chi connectivity index (χ0) is 17.1. The smallest absolute Gasteiger partial charge is 0.127 e. The van der Waals surface area contributed by atoms with Crippen LogP contribution in [-0.2, 0) is 6.42 Å². The lowest BCUT2D eigenvalue weighted by Gasteiger charge is -2.37. The SMILES string of the molecule is CCc1ccc(Oc2ccc([C@@H]3CCCN4CCSN=C34)cc2)cc1. The lowest BCUT2D eigenvalue weighted by atomic mass is 9.89. The molecule has 1 saturated heterocycles. The summed E-state index contributed by atoms with van der Waals surface area (Å²) in [7, 11) is 0. The van der Waals surface area contributed by atoms with Gasteiger partial charge in [0.05, 0.1) is 0 Å². The number of amidine groups is 1. The first-order chi connectivity index (χ1) is 12.3. The second-order valence-corrected chi connectivity index (χ2v) is 7.48. The normalized spacial score (nSPS) is 20.0. The van der Waals surface area contributed by atoms with E-state index in [0.717, 1.165) is 36.8 Å². The molecule has 0 spiro atoms. The highest BCUT2D eigenvalue weighted by Crippen LogP contribution is 2.33. The Kier molecular flexibility index (Phi) is 4.97. The Morgan fingerprint density at radius 2 is 1.76 bits per heavy atom. The van der Waals surface area contributed by atoms with Crippen LogP contribution in [0.1, 0.15) is 36.8 Å². The Labute approximate surface area is 154 Å². The van der Waals surface area contributed by atoms with E-state index < -0.39 is 0 Å². The van der Waals surface area contributed by atoms with Gasteiger partial charge in [0, 0.05) is 24.8 Å². The molecule has 0 unspecified atom stereocenters. The van der Waals surface area contributed by atoms with Gasteiger partial charge in [0.1, 0.15) is 17.3 Å². The maximum Gasteiger partial charge on any atom is 0.127 e. The summed E-state index contributed by atoms with van der Waals surface area (Å²) in [6.45, 7) is 4.45. The van der Waals surface area contributed by atoms with Crippen LogP contribution < -0.4 is 4.74 Å². The first-order valence-electron chi connectivity index (χ1n) is 9.15. The van der Waals surface area contributed by atoms with Crippen LogP contribution in [0, 0.1) is 0 Å². The van der Waals surface area contributed by atoms with E-state index in [2.05, 4.69) is 48.2 Å². The van der Waals surface area contributed by atoms with Crippen LogP contribution in [0.15, 0.2) is 52.9 Å². The Hall–Kier alpha value is -1.94. The number of piperidine rings is 1. The van der Waals surface area contributed by atoms with Crippen LogP contribution in [0.25, 0.3) is 0 Å². The Morgan fingerprint density at radius 3 is 2.48 bits per heavy atom. The van der Waals surface area contributed by atoms with Crippen molar-refractivity contribution in [3.8, 4) is 11.5 Å². The second-order valence-electron chi connectivity index (χ2n) is 6.63. The van der Waals surface area contributed by atoms with Gasteiger partial charge in [-0.2, -0.15) is 0 Å². The number of fused-ring (bicyclic) bond motifs is 1. The molecule has 0 aliphatic carbocycles. The summed E-state index contributed by atoms with van der Waals surface area (Å²) in [4.78, 5) is 2.46. The summed E-state index contributed by atoms with van der Waals surface area (Å²) < 4.78 is 10.7. The molecule has 0 N–H and O–H groups in total. The van der Waals surface area contributed by atoms with Crippen LogP contribution in [0.2, 0.25) is 0 Å². The molecule has 130 valence electrons. The fraction of sp³-hybridized carbons (Fsp3) is 0.381. The lowest BCUT2D eigenvalue weighted by Crippen LogP contribution is -2.42. The van der Waals surface area contributed by atoms with Crippen LogP contribution in [0.3, 0.4) is 0 Å². The van der Waals surface area contributed by atoms with Gasteiger partial charge in [0.25, 0.3) is 0 Å². The van der Waals surface area contributed by atoms with Crippen molar-refractivity contribution in [2.45, 2.75) is 32.1 Å². The molecular formula is C21H24N2OS. The van der Waals surface area contributed by atoms with E-state index in [4.69, 9.17) is 9.13 Å². The molecule has 0 saturated carbocycles. The van der Waals surface area contributed by atoms with Crippen LogP contribution in [0.5, 0.6) is 11.5 Å². The third-order valence-electron chi connectivity index (χ3n) is 5.02. The molecule has 2 aromatic rings. The Balaban J connectivity index is 1.48. The number of ether oxygens (including phenoxy) is 1. The van der Waals surface area contributed by atoms with E-state index in [-0.39, 0.29) is 0 Å². The third-order valence-corrected chi connectivity index (χ3v) is 5.70. The molecule has 0 amide bonds. The average Bonchev–Trinajstić information content (AvgIpc) is 2.69. The minimum atomic E-state index is 0.430. The molecule has 0 radical (unpaired) electrons. The van der Waals surface area contributed by atoms with Crippen molar-refractivity contribution in [3.63, 3.8) is 0 Å². The van der Waals surface area contributed by atoms with Crippen molar-refractivity contribution in [1.29, 1.82) is 0 Å². The molecule has 2 aliphatic rings. The van der Waals surface area contributed by atoms with E-state index in [1.54, 1.807) is 11.9 Å². The summed E-state index contributed by atoms with van der Waals surface area (Å²) in [5, 5.41) is 0. The zero-order valence-electron chi connectivity index (χ0n) is 14.6. The Morgan fingerprint density at radius 1 is 1.04 bits per heavy atom. The van der Waals surface area contributed by atoms with Gasteiger partial charge < -0.3 is 9.64 Å². The predicted molar refractivity (Wildman–Crippen MR) is 106 cm³/mol. The van der Waals surface area contributed by atoms with Crippen molar-refractivity contribution in [3.05, 3.63) is 59.7 Å². The molecule has 1 atom stereocenters. The predicted octanol–water partition coefficient (Wildman–Crippen LogP) is 5.28. The van der Waals surface area contributed by atoms with Crippen molar-refractivity contribution >= 4 is 17.8 Å². The molecule has 2 aliphatic heterocycles. The third kappa shape index (κ3) is 3.69. The molecule has 4 rings (SSSR count). The fourth-order valence-corrected chi connectivity index (χ4v) is 4.34. The Bertz CT molecular complexity index is 739. The first kappa shape index (κ1) is 16.5. The van der Waals surface area contributed by atoms with Gasteiger partial charge in [-0.3, -0.25) is 0 Å². The summed E-state index contributed by atoms with van der Waals surface area (Å²) in [6.07, 6.45) is 3.49. The highest BCUT2D eigenvalue weighted by atomic mass is 32.2. The van der Waals surface area contributed by atoms with E-state index in [1.165, 1.54) is 29.8 Å². The van der Waals surface area contributed by atoms with E-state index >= 15 is 0 Å². The molecule has 25 heavy (non-hydrogen) atoms. The molecule has 4 heteroatoms. The summed E-state index contributed by atoms with van der Waals surface area (Å²) in [5.74, 6) is 4.59. The standard InChI is InChI=1S/C21H24N2OS/c1-2-16-5-9-18(10-6-16)24-19-11-7-17(8-12-19)20-4-3-13-23-14-15-25-22-21(20)23/h5-12,20H,2-4,13-15H2,1H3/t20-/m0/s1. The van der Waals surface area contributed by atoms with Crippen LogP contribution in [0.4, 0.5) is 0 Å². The van der Waals surface area contributed by atoms with Gasteiger partial charge in [0.15, 0.2) is 0 Å². The molecule has 2 aromatic carbocycles. The van der Waals surface area contributed by atoms with Gasteiger partial charge in [-0.1, -0.05) is 31.2 Å². The van der Waals surface area contributed by atoms with E-state index in [0.29, 0.717) is 5.92 Å². The number of nitrogens with zero attached hydrogens (tertiary/aromatic N) is 2. The monoisotopic (exact) mass is 352 g/mol. The molecule has 0 aromatic heterocycles. The molecular weight excluding hydrogens is 328 g/mol. The molecule has 3 nitrogen and oxygen atoms in total. The van der Waals surface area contributed by atoms with Gasteiger partial charge in [-0.05, 0) is 66.6 Å². The largest absolute Gasteiger partial charge is 0.457 e. The number of benzene rings is 2. The van der Waals surface area contributed by atoms with Crippen LogP contribution in [-0.4, -0.2) is 29.6 Å². The minimum absolute atomic E-state index is 0.430. The summed E-state index contributed by atoms with van der Waals surface area (Å²) in [6, 6.07) is 16.9. The van der Waals surface area contributed by atoms with Gasteiger partial charge in [-0.15, -0.1) is 0 Å². The van der Waals surface area contributed by atoms with Gasteiger partial charge >= 0.3 is 0 Å². The second kappa shape index (κ2) is 7.52. The van der Waals surface area contributed by atoms with E-state index in [9.17, 15) is 0 Å². The molecule has 2 heterocycles. The first-order valence-corrected chi connectivity index (χ1v) is 10.1. The fourth-order valence-electron chi connectivity index (χ4n) is 3.57. The topological polar surface area (TPSA) is 24.8 Å². The van der Waals surface area contributed by atoms with Crippen molar-refractivity contribution in [2.75, 3.05) is 18.8 Å². The summed E-state index contributed by atoms with van der Waals surface area (Å²) >= 11 is 1.71. The molecule has 1 fully saturated rings. The quantitative estimate of drug-likeness (QED) is 0.700. The maximum atomic E-state index is 5.98. The molecule has 0 bridgehead atoms. The zero-order valence-corrected chi connectivity index (χ0v) is 15.5. The number of aryl methyl sites for hydroxylation is 1. The highest BCUT2D eigenvalue weighted by Gasteiger charge is 2.29. The average molecular weight is 353 g/mol. The van der Waals surface area contributed by atoms with Crippen molar-refractivity contribution in [1.82, 2.24) is 4.90 Å².